The van der Waals surface area contributed by atoms with Crippen molar-refractivity contribution in [2.45, 2.75) is 19.3 Å². The van der Waals surface area contributed by atoms with E-state index in [-0.39, 0.29) is 5.69 Å². The van der Waals surface area contributed by atoms with Crippen LogP contribution in [0.3, 0.4) is 0 Å². The first-order valence-electron chi connectivity index (χ1n) is 4.71. The average Bonchev–Trinajstić information content (AvgIpc) is 2.67. The molecule has 1 aromatic rings. The quantitative estimate of drug-likeness (QED) is 0.812. The predicted molar refractivity (Wildman–Crippen MR) is 55.1 cm³/mol. The molecule has 0 amide bonds. The van der Waals surface area contributed by atoms with Crippen LogP contribution in [-0.2, 0) is 0 Å². The van der Waals surface area contributed by atoms with Crippen molar-refractivity contribution in [3.05, 3.63) is 11.1 Å². The number of anilines is 1. The Balaban J connectivity index is 2.21. The van der Waals surface area contributed by atoms with Gasteiger partial charge < -0.3 is 10.0 Å². The monoisotopic (exact) mass is 212 g/mol. The number of aromatic carboxylic acids is 1. The molecule has 0 bridgehead atoms. The largest absolute Gasteiger partial charge is 0.476 e. The van der Waals surface area contributed by atoms with Crippen LogP contribution in [0.2, 0.25) is 0 Å². The molecule has 0 saturated carbocycles. The first kappa shape index (κ1) is 9.45. The van der Waals surface area contributed by atoms with E-state index in [1.54, 1.807) is 0 Å². The van der Waals surface area contributed by atoms with Crippen LogP contribution in [0, 0.1) is 0 Å². The van der Waals surface area contributed by atoms with Gasteiger partial charge in [0.2, 0.25) is 0 Å². The molecule has 5 heteroatoms. The van der Waals surface area contributed by atoms with Gasteiger partial charge in [0.15, 0.2) is 5.69 Å². The number of carboxylic acid groups (broad SMARTS) is 1. The van der Waals surface area contributed by atoms with Crippen LogP contribution >= 0.6 is 11.5 Å². The fourth-order valence-electron chi connectivity index (χ4n) is 1.74. The topological polar surface area (TPSA) is 53.4 Å². The second-order valence-corrected chi connectivity index (χ2v) is 4.03. The normalized spacial score (nSPS) is 17.0. The predicted octanol–water partition coefficient (Wildman–Crippen LogP) is 1.83. The number of nitrogens with zero attached hydrogens (tertiary/aromatic N) is 2. The third-order valence-electron chi connectivity index (χ3n) is 2.45. The third-order valence-corrected chi connectivity index (χ3v) is 3.07. The van der Waals surface area contributed by atoms with Crippen molar-refractivity contribution < 1.29 is 9.90 Å². The van der Waals surface area contributed by atoms with E-state index in [4.69, 9.17) is 5.11 Å². The lowest BCUT2D eigenvalue weighted by Crippen LogP contribution is -2.30. The van der Waals surface area contributed by atoms with Crippen LogP contribution in [0.1, 0.15) is 29.8 Å². The summed E-state index contributed by atoms with van der Waals surface area (Å²) in [6, 6.07) is 0. The number of carboxylic acids is 1. The third kappa shape index (κ3) is 1.72. The van der Waals surface area contributed by atoms with Crippen molar-refractivity contribution in [1.29, 1.82) is 0 Å². The smallest absolute Gasteiger partial charge is 0.357 e. The van der Waals surface area contributed by atoms with E-state index in [2.05, 4.69) is 9.27 Å². The van der Waals surface area contributed by atoms with Gasteiger partial charge in [0.1, 0.15) is 0 Å². The van der Waals surface area contributed by atoms with Crippen LogP contribution in [0.5, 0.6) is 0 Å². The minimum absolute atomic E-state index is 0.205. The summed E-state index contributed by atoms with van der Waals surface area (Å²) in [6.07, 6.45) is 3.54. The summed E-state index contributed by atoms with van der Waals surface area (Å²) in [6.45, 7) is 1.91. The van der Waals surface area contributed by atoms with Crippen molar-refractivity contribution in [1.82, 2.24) is 4.37 Å². The molecule has 1 N–H and O–H groups in total. The molecule has 1 aromatic heterocycles. The van der Waals surface area contributed by atoms with E-state index in [9.17, 15) is 4.79 Å². The summed E-state index contributed by atoms with van der Waals surface area (Å²) in [5.41, 5.74) is 0.999. The van der Waals surface area contributed by atoms with Gasteiger partial charge in [0.25, 0.3) is 0 Å². The fourth-order valence-corrected chi connectivity index (χ4v) is 2.43. The van der Waals surface area contributed by atoms with Crippen LogP contribution in [-0.4, -0.2) is 28.5 Å². The highest BCUT2D eigenvalue weighted by atomic mass is 32.1. The van der Waals surface area contributed by atoms with Gasteiger partial charge in [-0.2, -0.15) is 4.37 Å². The summed E-state index contributed by atoms with van der Waals surface area (Å²) in [5.74, 6) is -0.924. The second kappa shape index (κ2) is 3.96. The van der Waals surface area contributed by atoms with Crippen molar-refractivity contribution in [3.63, 3.8) is 0 Å². The highest BCUT2D eigenvalue weighted by Crippen LogP contribution is 2.25. The Kier molecular flexibility index (Phi) is 2.67. The maximum Gasteiger partial charge on any atom is 0.357 e. The number of aromatic nitrogens is 1. The molecule has 0 aromatic carbocycles. The minimum atomic E-state index is -0.924. The zero-order chi connectivity index (χ0) is 9.97. The lowest BCUT2D eigenvalue weighted by atomic mass is 10.1. The van der Waals surface area contributed by atoms with Gasteiger partial charge in [-0.15, -0.1) is 0 Å². The SMILES string of the molecule is O=C(O)c1nscc1N1CCCCC1. The summed E-state index contributed by atoms with van der Waals surface area (Å²) in [4.78, 5) is 13.0. The highest BCUT2D eigenvalue weighted by Gasteiger charge is 2.20. The fraction of sp³-hybridized carbons (Fsp3) is 0.556. The molecule has 1 saturated heterocycles. The Labute approximate surface area is 86.3 Å². The minimum Gasteiger partial charge on any atom is -0.476 e. The van der Waals surface area contributed by atoms with Gasteiger partial charge in [-0.25, -0.2) is 4.79 Å². The van der Waals surface area contributed by atoms with Crippen LogP contribution in [0.15, 0.2) is 5.38 Å². The van der Waals surface area contributed by atoms with Gasteiger partial charge in [-0.1, -0.05) is 0 Å². The van der Waals surface area contributed by atoms with Crippen molar-refractivity contribution >= 4 is 23.2 Å². The van der Waals surface area contributed by atoms with Gasteiger partial charge in [-0.3, -0.25) is 0 Å². The summed E-state index contributed by atoms with van der Waals surface area (Å²) in [7, 11) is 0. The van der Waals surface area contributed by atoms with Crippen molar-refractivity contribution in [2.75, 3.05) is 18.0 Å². The zero-order valence-corrected chi connectivity index (χ0v) is 8.59. The molecule has 0 spiro atoms. The summed E-state index contributed by atoms with van der Waals surface area (Å²) in [5, 5.41) is 10.7. The number of hydrogen-bond acceptors (Lipinski definition) is 4. The van der Waals surface area contributed by atoms with Crippen molar-refractivity contribution in [3.8, 4) is 0 Å². The number of carbonyl (C=O) groups is 1. The molecule has 76 valence electrons. The number of piperidine rings is 1. The van der Waals surface area contributed by atoms with E-state index in [1.807, 2.05) is 5.38 Å². The van der Waals surface area contributed by atoms with Crippen LogP contribution in [0.25, 0.3) is 0 Å². The molecule has 1 fully saturated rings. The number of rotatable bonds is 2. The molecule has 0 radical (unpaired) electrons. The summed E-state index contributed by atoms with van der Waals surface area (Å²) < 4.78 is 3.89. The highest BCUT2D eigenvalue weighted by molar-refractivity contribution is 7.04. The Hall–Kier alpha value is -1.10. The first-order chi connectivity index (χ1) is 6.79. The number of hydrogen-bond donors (Lipinski definition) is 1. The van der Waals surface area contributed by atoms with E-state index in [0.29, 0.717) is 0 Å². The molecular formula is C9H12N2O2S. The molecule has 0 aliphatic carbocycles. The van der Waals surface area contributed by atoms with E-state index >= 15 is 0 Å². The molecule has 0 unspecified atom stereocenters. The van der Waals surface area contributed by atoms with Gasteiger partial charge >= 0.3 is 5.97 Å². The molecule has 2 heterocycles. The molecule has 2 rings (SSSR count). The van der Waals surface area contributed by atoms with Gasteiger partial charge in [0, 0.05) is 18.5 Å². The Bertz CT molecular complexity index is 331. The molecule has 14 heavy (non-hydrogen) atoms. The van der Waals surface area contributed by atoms with Crippen LogP contribution in [0.4, 0.5) is 5.69 Å². The van der Waals surface area contributed by atoms with Gasteiger partial charge in [0.05, 0.1) is 5.69 Å². The molecular weight excluding hydrogens is 200 g/mol. The zero-order valence-electron chi connectivity index (χ0n) is 7.77. The van der Waals surface area contributed by atoms with E-state index < -0.39 is 5.97 Å². The van der Waals surface area contributed by atoms with Crippen LogP contribution < -0.4 is 4.90 Å². The molecule has 1 aliphatic rings. The lowest BCUT2D eigenvalue weighted by molar-refractivity contribution is 0.0692. The standard InChI is InChI=1S/C9H12N2O2S/c12-9(13)8-7(6-14-10-8)11-4-2-1-3-5-11/h6H,1-5H2,(H,12,13). The Morgan fingerprint density at radius 1 is 1.43 bits per heavy atom. The maximum absolute atomic E-state index is 10.8. The maximum atomic E-state index is 10.8. The molecule has 4 nitrogen and oxygen atoms in total. The molecule has 0 atom stereocenters. The Morgan fingerprint density at radius 2 is 2.14 bits per heavy atom. The second-order valence-electron chi connectivity index (χ2n) is 3.40. The first-order valence-corrected chi connectivity index (χ1v) is 5.55. The Morgan fingerprint density at radius 3 is 2.79 bits per heavy atom. The van der Waals surface area contributed by atoms with E-state index in [1.165, 1.54) is 18.0 Å². The lowest BCUT2D eigenvalue weighted by Gasteiger charge is -2.27. The molecule has 1 aliphatic heterocycles. The van der Waals surface area contributed by atoms with E-state index in [0.717, 1.165) is 31.6 Å². The van der Waals surface area contributed by atoms with Gasteiger partial charge in [-0.05, 0) is 30.8 Å². The van der Waals surface area contributed by atoms with Crippen molar-refractivity contribution in [2.24, 2.45) is 0 Å². The summed E-state index contributed by atoms with van der Waals surface area (Å²) >= 11 is 1.22. The average molecular weight is 212 g/mol.